The number of thioether (sulfide) groups is 1. The quantitative estimate of drug-likeness (QED) is 0.685. The molecule has 78 valence electrons. The third kappa shape index (κ3) is 4.16. The number of hydrogen-bond donors (Lipinski definition) is 0. The first-order chi connectivity index (χ1) is 6.72. The van der Waals surface area contributed by atoms with Gasteiger partial charge in [-0.1, -0.05) is 19.1 Å². The molecule has 0 atom stereocenters. The topological polar surface area (TPSA) is 9.23 Å². The maximum Gasteiger partial charge on any atom is 0.0720 e. The average Bonchev–Trinajstić information content (AvgIpc) is 2.17. The molecule has 0 spiro atoms. The minimum atomic E-state index is 0.305. The predicted molar refractivity (Wildman–Crippen MR) is 62.8 cm³/mol. The first kappa shape index (κ1) is 11.6. The van der Waals surface area contributed by atoms with E-state index in [1.807, 2.05) is 11.8 Å². The fraction of sp³-hybridized carbons (Fsp3) is 0.500. The van der Waals surface area contributed by atoms with Gasteiger partial charge in [0.2, 0.25) is 0 Å². The highest BCUT2D eigenvalue weighted by molar-refractivity contribution is 7.99. The molecule has 1 rings (SSSR count). The molecule has 0 bridgehead atoms. The Balaban J connectivity index is 2.46. The monoisotopic (exact) mass is 210 g/mol. The summed E-state index contributed by atoms with van der Waals surface area (Å²) < 4.78 is 5.52. The van der Waals surface area contributed by atoms with Crippen LogP contribution in [-0.2, 0) is 11.3 Å². The highest BCUT2D eigenvalue weighted by Gasteiger charge is 1.96. The first-order valence-corrected chi connectivity index (χ1v) is 6.04. The lowest BCUT2D eigenvalue weighted by Crippen LogP contribution is -2.01. The molecule has 0 heterocycles. The van der Waals surface area contributed by atoms with E-state index in [0.717, 1.165) is 12.4 Å². The van der Waals surface area contributed by atoms with E-state index in [1.54, 1.807) is 0 Å². The molecule has 0 N–H and O–H groups in total. The molecule has 0 saturated carbocycles. The predicted octanol–water partition coefficient (Wildman–Crippen LogP) is 3.72. The molecule has 2 heteroatoms. The number of ether oxygens (including phenoxy) is 1. The zero-order valence-electron chi connectivity index (χ0n) is 9.12. The van der Waals surface area contributed by atoms with Gasteiger partial charge in [0.05, 0.1) is 12.7 Å². The summed E-state index contributed by atoms with van der Waals surface area (Å²) in [4.78, 5) is 1.33. The molecule has 1 nitrogen and oxygen atoms in total. The first-order valence-electron chi connectivity index (χ1n) is 5.05. The Bertz CT molecular complexity index is 254. The smallest absolute Gasteiger partial charge is 0.0720 e. The minimum absolute atomic E-state index is 0.305. The van der Waals surface area contributed by atoms with E-state index < -0.39 is 0 Å². The van der Waals surface area contributed by atoms with E-state index in [0.29, 0.717) is 6.10 Å². The molecule has 0 radical (unpaired) electrons. The normalized spacial score (nSPS) is 10.9. The van der Waals surface area contributed by atoms with Crippen molar-refractivity contribution in [3.63, 3.8) is 0 Å². The van der Waals surface area contributed by atoms with Gasteiger partial charge in [0, 0.05) is 4.90 Å². The van der Waals surface area contributed by atoms with Crippen molar-refractivity contribution in [3.05, 3.63) is 29.8 Å². The Kier molecular flexibility index (Phi) is 5.05. The molecule has 0 amide bonds. The van der Waals surface area contributed by atoms with Crippen molar-refractivity contribution in [1.82, 2.24) is 0 Å². The molecular weight excluding hydrogens is 192 g/mol. The second-order valence-corrected chi connectivity index (χ2v) is 4.77. The molecule has 0 aliphatic carbocycles. The SMILES string of the molecule is CCSc1ccc(COC(C)C)cc1. The van der Waals surface area contributed by atoms with Crippen LogP contribution in [0.15, 0.2) is 29.2 Å². The Morgan fingerprint density at radius 3 is 2.36 bits per heavy atom. The van der Waals surface area contributed by atoms with Gasteiger partial charge >= 0.3 is 0 Å². The third-order valence-electron chi connectivity index (χ3n) is 1.82. The van der Waals surface area contributed by atoms with E-state index in [1.165, 1.54) is 10.5 Å². The van der Waals surface area contributed by atoms with E-state index in [4.69, 9.17) is 4.74 Å². The third-order valence-corrected chi connectivity index (χ3v) is 2.71. The molecule has 0 aliphatic heterocycles. The van der Waals surface area contributed by atoms with E-state index in [2.05, 4.69) is 45.0 Å². The van der Waals surface area contributed by atoms with Gasteiger partial charge in [-0.2, -0.15) is 0 Å². The summed E-state index contributed by atoms with van der Waals surface area (Å²) in [6.07, 6.45) is 0.305. The lowest BCUT2D eigenvalue weighted by Gasteiger charge is -2.07. The summed E-state index contributed by atoms with van der Waals surface area (Å²) in [5.41, 5.74) is 1.25. The molecular formula is C12H18OS. The maximum atomic E-state index is 5.52. The fourth-order valence-electron chi connectivity index (χ4n) is 1.11. The zero-order valence-corrected chi connectivity index (χ0v) is 9.93. The molecule has 1 aromatic rings. The lowest BCUT2D eigenvalue weighted by molar-refractivity contribution is 0.0657. The van der Waals surface area contributed by atoms with E-state index in [9.17, 15) is 0 Å². The zero-order chi connectivity index (χ0) is 10.4. The van der Waals surface area contributed by atoms with Gasteiger partial charge in [-0.25, -0.2) is 0 Å². The summed E-state index contributed by atoms with van der Waals surface area (Å²) in [5, 5.41) is 0. The van der Waals surface area contributed by atoms with E-state index >= 15 is 0 Å². The molecule has 0 aromatic heterocycles. The van der Waals surface area contributed by atoms with Crippen LogP contribution in [0.4, 0.5) is 0 Å². The van der Waals surface area contributed by atoms with Crippen LogP contribution in [-0.4, -0.2) is 11.9 Å². The van der Waals surface area contributed by atoms with Gasteiger partial charge < -0.3 is 4.74 Å². The summed E-state index contributed by atoms with van der Waals surface area (Å²) >= 11 is 1.87. The van der Waals surface area contributed by atoms with Gasteiger partial charge in [-0.05, 0) is 37.3 Å². The second kappa shape index (κ2) is 6.10. The fourth-order valence-corrected chi connectivity index (χ4v) is 1.77. The van der Waals surface area contributed by atoms with Crippen LogP contribution >= 0.6 is 11.8 Å². The van der Waals surface area contributed by atoms with Crippen LogP contribution < -0.4 is 0 Å². The molecule has 14 heavy (non-hydrogen) atoms. The summed E-state index contributed by atoms with van der Waals surface area (Å²) in [7, 11) is 0. The molecule has 0 unspecified atom stereocenters. The van der Waals surface area contributed by atoms with Crippen molar-refractivity contribution in [2.24, 2.45) is 0 Å². The van der Waals surface area contributed by atoms with Gasteiger partial charge in [0.15, 0.2) is 0 Å². The Hall–Kier alpha value is -0.470. The molecule has 0 saturated heterocycles. The van der Waals surface area contributed by atoms with Crippen molar-refractivity contribution >= 4 is 11.8 Å². The second-order valence-electron chi connectivity index (χ2n) is 3.44. The number of hydrogen-bond acceptors (Lipinski definition) is 2. The van der Waals surface area contributed by atoms with Gasteiger partial charge in [-0.15, -0.1) is 11.8 Å². The van der Waals surface area contributed by atoms with Gasteiger partial charge in [0.1, 0.15) is 0 Å². The van der Waals surface area contributed by atoms with Crippen molar-refractivity contribution in [3.8, 4) is 0 Å². The molecule has 0 aliphatic rings. The standard InChI is InChI=1S/C12H18OS/c1-4-14-12-7-5-11(6-8-12)9-13-10(2)3/h5-8,10H,4,9H2,1-3H3. The van der Waals surface area contributed by atoms with Crippen molar-refractivity contribution in [2.75, 3.05) is 5.75 Å². The Morgan fingerprint density at radius 1 is 1.21 bits per heavy atom. The minimum Gasteiger partial charge on any atom is -0.374 e. The summed E-state index contributed by atoms with van der Waals surface area (Å²) in [6.45, 7) is 7.00. The molecule has 0 fully saturated rings. The highest BCUT2D eigenvalue weighted by Crippen LogP contribution is 2.18. The summed E-state index contributed by atoms with van der Waals surface area (Å²) in [6, 6.07) is 8.60. The van der Waals surface area contributed by atoms with Crippen LogP contribution in [0.2, 0.25) is 0 Å². The number of benzene rings is 1. The van der Waals surface area contributed by atoms with Gasteiger partial charge in [0.25, 0.3) is 0 Å². The van der Waals surface area contributed by atoms with Crippen LogP contribution in [0.1, 0.15) is 26.3 Å². The largest absolute Gasteiger partial charge is 0.374 e. The highest BCUT2D eigenvalue weighted by atomic mass is 32.2. The number of rotatable bonds is 5. The molecule has 1 aromatic carbocycles. The summed E-state index contributed by atoms with van der Waals surface area (Å²) in [5.74, 6) is 1.13. The maximum absolute atomic E-state index is 5.52. The van der Waals surface area contributed by atoms with Crippen molar-refractivity contribution in [2.45, 2.75) is 38.4 Å². The van der Waals surface area contributed by atoms with Crippen LogP contribution in [0.25, 0.3) is 0 Å². The van der Waals surface area contributed by atoms with Crippen LogP contribution in [0, 0.1) is 0 Å². The van der Waals surface area contributed by atoms with E-state index in [-0.39, 0.29) is 0 Å². The van der Waals surface area contributed by atoms with Gasteiger partial charge in [-0.3, -0.25) is 0 Å². The average molecular weight is 210 g/mol. The lowest BCUT2D eigenvalue weighted by atomic mass is 10.2. The van der Waals surface area contributed by atoms with Crippen LogP contribution in [0.5, 0.6) is 0 Å². The van der Waals surface area contributed by atoms with Crippen molar-refractivity contribution in [1.29, 1.82) is 0 Å². The van der Waals surface area contributed by atoms with Crippen LogP contribution in [0.3, 0.4) is 0 Å². The van der Waals surface area contributed by atoms with Crippen molar-refractivity contribution < 1.29 is 4.74 Å². The Labute approximate surface area is 90.9 Å². The Morgan fingerprint density at radius 2 is 1.86 bits per heavy atom.